The highest BCUT2D eigenvalue weighted by molar-refractivity contribution is 5.50. The van der Waals surface area contributed by atoms with Gasteiger partial charge in [0, 0.05) is 27.4 Å². The normalized spacial score (nSPS) is 10.8. The number of hydrogen-bond donors (Lipinski definition) is 1. The minimum Gasteiger partial charge on any atom is -0.475 e. The Hall–Kier alpha value is -1.40. The Bertz CT molecular complexity index is 386. The maximum atomic E-state index is 5.70. The summed E-state index contributed by atoms with van der Waals surface area (Å²) in [5.74, 6) is 1.72. The largest absolute Gasteiger partial charge is 0.475 e. The maximum Gasteiger partial charge on any atom is 0.222 e. The van der Waals surface area contributed by atoms with Gasteiger partial charge in [0.2, 0.25) is 5.88 Å². The van der Waals surface area contributed by atoms with E-state index in [4.69, 9.17) is 14.2 Å². The Morgan fingerprint density at radius 2 is 1.95 bits per heavy atom. The molecule has 0 saturated carbocycles. The molecule has 0 bridgehead atoms. The van der Waals surface area contributed by atoms with Crippen molar-refractivity contribution in [2.45, 2.75) is 26.2 Å². The predicted molar refractivity (Wildman–Crippen MR) is 78.5 cm³/mol. The van der Waals surface area contributed by atoms with Gasteiger partial charge < -0.3 is 19.5 Å². The average Bonchev–Trinajstić information content (AvgIpc) is 2.45. The van der Waals surface area contributed by atoms with E-state index < -0.39 is 0 Å². The summed E-state index contributed by atoms with van der Waals surface area (Å²) in [5.41, 5.74) is 0.995. The number of methoxy groups -OCH3 is 1. The summed E-state index contributed by atoms with van der Waals surface area (Å²) in [7, 11) is 3.53. The molecule has 20 heavy (non-hydrogen) atoms. The summed E-state index contributed by atoms with van der Waals surface area (Å²) in [5, 5.41) is 3.07. The fourth-order valence-corrected chi connectivity index (χ4v) is 1.82. The maximum absolute atomic E-state index is 5.70. The molecular formula is C14H25N3O3. The number of nitrogens with zero attached hydrogens (tertiary/aromatic N) is 2. The van der Waals surface area contributed by atoms with Crippen molar-refractivity contribution in [2.75, 3.05) is 45.9 Å². The fraction of sp³-hybridized carbons (Fsp3) is 0.714. The Balaban J connectivity index is 2.43. The van der Waals surface area contributed by atoms with E-state index in [0.717, 1.165) is 24.4 Å². The van der Waals surface area contributed by atoms with Crippen molar-refractivity contribution in [3.05, 3.63) is 11.9 Å². The van der Waals surface area contributed by atoms with Gasteiger partial charge in [-0.25, -0.2) is 9.97 Å². The van der Waals surface area contributed by atoms with E-state index in [1.54, 1.807) is 7.11 Å². The third-order valence-corrected chi connectivity index (χ3v) is 2.77. The van der Waals surface area contributed by atoms with Gasteiger partial charge in [-0.15, -0.1) is 0 Å². The van der Waals surface area contributed by atoms with Crippen molar-refractivity contribution in [3.63, 3.8) is 0 Å². The van der Waals surface area contributed by atoms with Gasteiger partial charge in [0.15, 0.2) is 0 Å². The number of rotatable bonds is 10. The Labute approximate surface area is 120 Å². The molecule has 0 aliphatic heterocycles. The van der Waals surface area contributed by atoms with E-state index in [1.807, 2.05) is 7.05 Å². The lowest BCUT2D eigenvalue weighted by molar-refractivity contribution is 0.0792. The van der Waals surface area contributed by atoms with Crippen molar-refractivity contribution in [2.24, 2.45) is 0 Å². The van der Waals surface area contributed by atoms with Crippen molar-refractivity contribution < 1.29 is 14.2 Å². The first-order chi connectivity index (χ1) is 9.70. The molecule has 0 radical (unpaired) electrons. The molecule has 0 aliphatic rings. The summed E-state index contributed by atoms with van der Waals surface area (Å²) in [6, 6.07) is 0. The van der Waals surface area contributed by atoms with Gasteiger partial charge in [0.1, 0.15) is 18.8 Å². The van der Waals surface area contributed by atoms with Crippen molar-refractivity contribution in [3.8, 4) is 5.88 Å². The lowest BCUT2D eigenvalue weighted by Crippen LogP contribution is -2.12. The first-order valence-electron chi connectivity index (χ1n) is 6.92. The highest BCUT2D eigenvalue weighted by Gasteiger charge is 2.15. The van der Waals surface area contributed by atoms with Crippen LogP contribution in [-0.2, 0) is 9.47 Å². The van der Waals surface area contributed by atoms with Gasteiger partial charge >= 0.3 is 0 Å². The lowest BCUT2D eigenvalue weighted by Gasteiger charge is -2.15. The molecule has 1 aromatic heterocycles. The van der Waals surface area contributed by atoms with Crippen LogP contribution >= 0.6 is 0 Å². The van der Waals surface area contributed by atoms with Gasteiger partial charge in [-0.1, -0.05) is 13.8 Å². The third-order valence-electron chi connectivity index (χ3n) is 2.77. The summed E-state index contributed by atoms with van der Waals surface area (Å²) < 4.78 is 16.1. The second-order valence-corrected chi connectivity index (χ2v) is 4.65. The first kappa shape index (κ1) is 16.7. The predicted octanol–water partition coefficient (Wildman–Crippen LogP) is 2.07. The van der Waals surface area contributed by atoms with Crippen LogP contribution in [-0.4, -0.2) is 50.6 Å². The Kier molecular flexibility index (Phi) is 7.91. The van der Waals surface area contributed by atoms with E-state index in [1.165, 1.54) is 6.33 Å². The summed E-state index contributed by atoms with van der Waals surface area (Å²) >= 11 is 0. The summed E-state index contributed by atoms with van der Waals surface area (Å²) in [4.78, 5) is 8.42. The van der Waals surface area contributed by atoms with E-state index >= 15 is 0 Å². The highest BCUT2D eigenvalue weighted by atomic mass is 16.5. The van der Waals surface area contributed by atoms with Crippen LogP contribution in [0.5, 0.6) is 5.88 Å². The Morgan fingerprint density at radius 3 is 2.60 bits per heavy atom. The molecule has 0 aliphatic carbocycles. The summed E-state index contributed by atoms with van der Waals surface area (Å²) in [6.07, 6.45) is 2.40. The minimum atomic E-state index is 0.288. The smallest absolute Gasteiger partial charge is 0.222 e. The van der Waals surface area contributed by atoms with Gasteiger partial charge in [-0.05, 0) is 12.3 Å². The molecule has 0 saturated heterocycles. The molecule has 0 atom stereocenters. The van der Waals surface area contributed by atoms with Gasteiger partial charge in [-0.3, -0.25) is 0 Å². The molecule has 6 nitrogen and oxygen atoms in total. The van der Waals surface area contributed by atoms with Crippen LogP contribution in [0.4, 0.5) is 5.82 Å². The second-order valence-electron chi connectivity index (χ2n) is 4.65. The van der Waals surface area contributed by atoms with Crippen LogP contribution in [0.3, 0.4) is 0 Å². The summed E-state index contributed by atoms with van der Waals surface area (Å²) in [6.45, 7) is 6.60. The fourth-order valence-electron chi connectivity index (χ4n) is 1.82. The molecular weight excluding hydrogens is 258 g/mol. The molecule has 1 aromatic rings. The molecule has 1 heterocycles. The van der Waals surface area contributed by atoms with E-state index in [2.05, 4.69) is 29.1 Å². The van der Waals surface area contributed by atoms with E-state index in [0.29, 0.717) is 25.7 Å². The Morgan fingerprint density at radius 1 is 1.15 bits per heavy atom. The van der Waals surface area contributed by atoms with Crippen molar-refractivity contribution >= 4 is 5.82 Å². The van der Waals surface area contributed by atoms with Crippen LogP contribution in [0.1, 0.15) is 31.7 Å². The standard InChI is InChI=1S/C14H25N3O3/c1-11(2)12-13(15-3)16-10-17-14(12)20-9-8-19-7-5-6-18-4/h10-11H,5-9H2,1-4H3,(H,15,16,17). The topological polar surface area (TPSA) is 65.5 Å². The number of aromatic nitrogens is 2. The molecule has 0 amide bonds. The SMILES string of the molecule is CNc1ncnc(OCCOCCCOC)c1C(C)C. The van der Waals surface area contributed by atoms with Crippen LogP contribution in [0, 0.1) is 0 Å². The van der Waals surface area contributed by atoms with Gasteiger partial charge in [0.05, 0.1) is 12.2 Å². The molecule has 0 fully saturated rings. The second kappa shape index (κ2) is 9.50. The van der Waals surface area contributed by atoms with Crippen molar-refractivity contribution in [1.82, 2.24) is 9.97 Å². The zero-order valence-electron chi connectivity index (χ0n) is 12.8. The highest BCUT2D eigenvalue weighted by Crippen LogP contribution is 2.29. The van der Waals surface area contributed by atoms with Gasteiger partial charge in [0.25, 0.3) is 0 Å². The number of nitrogens with one attached hydrogen (secondary N) is 1. The van der Waals surface area contributed by atoms with Gasteiger partial charge in [-0.2, -0.15) is 0 Å². The molecule has 0 spiro atoms. The average molecular weight is 283 g/mol. The van der Waals surface area contributed by atoms with E-state index in [-0.39, 0.29) is 5.92 Å². The van der Waals surface area contributed by atoms with Crippen LogP contribution in [0.2, 0.25) is 0 Å². The third kappa shape index (κ3) is 5.30. The quantitative estimate of drug-likeness (QED) is 0.663. The molecule has 114 valence electrons. The van der Waals surface area contributed by atoms with Crippen LogP contribution < -0.4 is 10.1 Å². The zero-order valence-corrected chi connectivity index (χ0v) is 12.8. The monoisotopic (exact) mass is 283 g/mol. The van der Waals surface area contributed by atoms with Crippen LogP contribution in [0.25, 0.3) is 0 Å². The minimum absolute atomic E-state index is 0.288. The molecule has 1 rings (SSSR count). The number of anilines is 1. The molecule has 1 N–H and O–H groups in total. The van der Waals surface area contributed by atoms with Crippen molar-refractivity contribution in [1.29, 1.82) is 0 Å². The molecule has 0 aromatic carbocycles. The molecule has 6 heteroatoms. The number of hydrogen-bond acceptors (Lipinski definition) is 6. The number of ether oxygens (including phenoxy) is 3. The van der Waals surface area contributed by atoms with Crippen LogP contribution in [0.15, 0.2) is 6.33 Å². The molecule has 0 unspecified atom stereocenters. The zero-order chi connectivity index (χ0) is 14.8. The van der Waals surface area contributed by atoms with E-state index in [9.17, 15) is 0 Å². The first-order valence-corrected chi connectivity index (χ1v) is 6.92. The lowest BCUT2D eigenvalue weighted by atomic mass is 10.1.